The first-order chi connectivity index (χ1) is 4.57. The summed E-state index contributed by atoms with van der Waals surface area (Å²) >= 11 is 0. The van der Waals surface area contributed by atoms with E-state index < -0.39 is 0 Å². The Hall–Kier alpha value is -0.0400. The highest BCUT2D eigenvalue weighted by atomic mass is 15.2. The zero-order valence-electron chi connectivity index (χ0n) is 7.65. The molecule has 1 heterocycles. The van der Waals surface area contributed by atoms with Gasteiger partial charge in [0, 0.05) is 5.54 Å². The van der Waals surface area contributed by atoms with Crippen LogP contribution in [-0.4, -0.2) is 24.0 Å². The Morgan fingerprint density at radius 2 is 2.00 bits per heavy atom. The monoisotopic (exact) mass is 141 g/mol. The van der Waals surface area contributed by atoms with Crippen molar-refractivity contribution in [3.05, 3.63) is 0 Å². The fraction of sp³-hybridized carbons (Fsp3) is 1.00. The summed E-state index contributed by atoms with van der Waals surface area (Å²) in [5.74, 6) is 0.792. The van der Waals surface area contributed by atoms with Crippen LogP contribution >= 0.6 is 0 Å². The van der Waals surface area contributed by atoms with Crippen molar-refractivity contribution in [1.82, 2.24) is 4.90 Å². The molecule has 1 heteroatoms. The maximum absolute atomic E-state index is 2.50. The van der Waals surface area contributed by atoms with Crippen molar-refractivity contribution in [2.75, 3.05) is 13.6 Å². The molecule has 60 valence electrons. The summed E-state index contributed by atoms with van der Waals surface area (Å²) in [5, 5.41) is 0. The van der Waals surface area contributed by atoms with Gasteiger partial charge in [0.2, 0.25) is 0 Å². The number of nitrogens with zero attached hydrogens (tertiary/aromatic N) is 1. The van der Waals surface area contributed by atoms with Gasteiger partial charge < -0.3 is 4.90 Å². The maximum Gasteiger partial charge on any atom is 0.0201 e. The van der Waals surface area contributed by atoms with Gasteiger partial charge in [0.1, 0.15) is 0 Å². The lowest BCUT2D eigenvalue weighted by molar-refractivity contribution is 0.136. The Balaban J connectivity index is 2.66. The standard InChI is InChI=1S/C9H19N/c1-8(2)9(3)6-5-7-10(9)4/h8H,5-7H2,1-4H3. The highest BCUT2D eigenvalue weighted by Gasteiger charge is 2.36. The van der Waals surface area contributed by atoms with E-state index in [1.807, 2.05) is 0 Å². The van der Waals surface area contributed by atoms with Gasteiger partial charge in [0.25, 0.3) is 0 Å². The van der Waals surface area contributed by atoms with E-state index in [1.165, 1.54) is 19.4 Å². The second-order valence-corrected chi connectivity index (χ2v) is 4.04. The van der Waals surface area contributed by atoms with Crippen molar-refractivity contribution in [2.45, 2.75) is 39.2 Å². The Morgan fingerprint density at radius 1 is 1.40 bits per heavy atom. The van der Waals surface area contributed by atoms with Gasteiger partial charge in [-0.2, -0.15) is 0 Å². The van der Waals surface area contributed by atoms with E-state index in [2.05, 4.69) is 32.7 Å². The minimum absolute atomic E-state index is 0.486. The van der Waals surface area contributed by atoms with Crippen molar-refractivity contribution in [1.29, 1.82) is 0 Å². The van der Waals surface area contributed by atoms with Crippen LogP contribution < -0.4 is 0 Å². The van der Waals surface area contributed by atoms with Crippen LogP contribution in [0.2, 0.25) is 0 Å². The molecule has 0 aromatic carbocycles. The summed E-state index contributed by atoms with van der Waals surface area (Å²) in [6.45, 7) is 8.31. The van der Waals surface area contributed by atoms with Crippen LogP contribution in [0.1, 0.15) is 33.6 Å². The fourth-order valence-corrected chi connectivity index (χ4v) is 1.85. The summed E-state index contributed by atoms with van der Waals surface area (Å²) in [7, 11) is 2.24. The number of rotatable bonds is 1. The third-order valence-electron chi connectivity index (χ3n) is 3.29. The van der Waals surface area contributed by atoms with Crippen LogP contribution in [0.25, 0.3) is 0 Å². The van der Waals surface area contributed by atoms with Gasteiger partial charge in [0.05, 0.1) is 0 Å². The molecule has 0 N–H and O–H groups in total. The lowest BCUT2D eigenvalue weighted by Gasteiger charge is -2.36. The van der Waals surface area contributed by atoms with Crippen molar-refractivity contribution in [2.24, 2.45) is 5.92 Å². The minimum Gasteiger partial charge on any atom is -0.301 e. The summed E-state index contributed by atoms with van der Waals surface area (Å²) < 4.78 is 0. The molecule has 0 amide bonds. The summed E-state index contributed by atoms with van der Waals surface area (Å²) in [4.78, 5) is 2.50. The zero-order valence-corrected chi connectivity index (χ0v) is 7.65. The average molecular weight is 141 g/mol. The van der Waals surface area contributed by atoms with Crippen LogP contribution in [0.15, 0.2) is 0 Å². The molecule has 10 heavy (non-hydrogen) atoms. The Morgan fingerprint density at radius 3 is 2.20 bits per heavy atom. The molecule has 0 radical (unpaired) electrons. The van der Waals surface area contributed by atoms with Gasteiger partial charge in [-0.3, -0.25) is 0 Å². The van der Waals surface area contributed by atoms with Gasteiger partial charge in [-0.25, -0.2) is 0 Å². The van der Waals surface area contributed by atoms with E-state index in [-0.39, 0.29) is 0 Å². The minimum atomic E-state index is 0.486. The first-order valence-electron chi connectivity index (χ1n) is 4.28. The molecule has 1 nitrogen and oxygen atoms in total. The van der Waals surface area contributed by atoms with Gasteiger partial charge in [-0.15, -0.1) is 0 Å². The third kappa shape index (κ3) is 1.07. The first kappa shape index (κ1) is 8.06. The molecule has 1 aliphatic rings. The molecule has 0 aliphatic carbocycles. The van der Waals surface area contributed by atoms with Crippen LogP contribution in [0.4, 0.5) is 0 Å². The molecule has 0 saturated carbocycles. The van der Waals surface area contributed by atoms with E-state index in [0.29, 0.717) is 5.54 Å². The smallest absolute Gasteiger partial charge is 0.0201 e. The summed E-state index contributed by atoms with van der Waals surface area (Å²) in [6.07, 6.45) is 2.76. The van der Waals surface area contributed by atoms with E-state index in [9.17, 15) is 0 Å². The highest BCUT2D eigenvalue weighted by Crippen LogP contribution is 2.33. The molecule has 0 bridgehead atoms. The van der Waals surface area contributed by atoms with Crippen molar-refractivity contribution >= 4 is 0 Å². The average Bonchev–Trinajstić information content (AvgIpc) is 2.15. The molecule has 1 rings (SSSR count). The fourth-order valence-electron chi connectivity index (χ4n) is 1.85. The molecule has 1 fully saturated rings. The Labute approximate surface area is 64.4 Å². The van der Waals surface area contributed by atoms with Gasteiger partial charge in [-0.1, -0.05) is 13.8 Å². The van der Waals surface area contributed by atoms with Crippen LogP contribution in [0.3, 0.4) is 0 Å². The van der Waals surface area contributed by atoms with Crippen LogP contribution in [0, 0.1) is 5.92 Å². The van der Waals surface area contributed by atoms with Crippen molar-refractivity contribution in [3.8, 4) is 0 Å². The molecule has 1 unspecified atom stereocenters. The van der Waals surface area contributed by atoms with E-state index >= 15 is 0 Å². The number of likely N-dealkylation sites (tertiary alicyclic amines) is 1. The maximum atomic E-state index is 2.50. The van der Waals surface area contributed by atoms with Crippen LogP contribution in [0.5, 0.6) is 0 Å². The summed E-state index contributed by atoms with van der Waals surface area (Å²) in [5.41, 5.74) is 0.486. The van der Waals surface area contributed by atoms with Crippen molar-refractivity contribution in [3.63, 3.8) is 0 Å². The van der Waals surface area contributed by atoms with E-state index in [4.69, 9.17) is 0 Å². The number of hydrogen-bond donors (Lipinski definition) is 0. The SMILES string of the molecule is CC(C)C1(C)CCCN1C. The molecule has 0 aromatic heterocycles. The predicted octanol–water partition coefficient (Wildman–Crippen LogP) is 2.13. The van der Waals surface area contributed by atoms with E-state index in [1.54, 1.807) is 0 Å². The quantitative estimate of drug-likeness (QED) is 0.540. The second-order valence-electron chi connectivity index (χ2n) is 4.04. The summed E-state index contributed by atoms with van der Waals surface area (Å²) in [6, 6.07) is 0. The molecule has 1 atom stereocenters. The lowest BCUT2D eigenvalue weighted by Crippen LogP contribution is -2.42. The molecular formula is C9H19N. The zero-order chi connectivity index (χ0) is 7.78. The molecule has 1 saturated heterocycles. The van der Waals surface area contributed by atoms with E-state index in [0.717, 1.165) is 5.92 Å². The molecule has 0 aromatic rings. The first-order valence-corrected chi connectivity index (χ1v) is 4.28. The number of hydrogen-bond acceptors (Lipinski definition) is 1. The predicted molar refractivity (Wildman–Crippen MR) is 45.1 cm³/mol. The molecule has 1 aliphatic heterocycles. The molecule has 0 spiro atoms. The van der Waals surface area contributed by atoms with Crippen molar-refractivity contribution < 1.29 is 0 Å². The Bertz CT molecular complexity index is 120. The lowest BCUT2D eigenvalue weighted by atomic mass is 9.86. The second kappa shape index (κ2) is 2.54. The normalized spacial score (nSPS) is 35.7. The third-order valence-corrected chi connectivity index (χ3v) is 3.29. The van der Waals surface area contributed by atoms with Gasteiger partial charge in [0.15, 0.2) is 0 Å². The van der Waals surface area contributed by atoms with Gasteiger partial charge in [-0.05, 0) is 39.3 Å². The Kier molecular flexibility index (Phi) is 2.04. The topological polar surface area (TPSA) is 3.24 Å². The van der Waals surface area contributed by atoms with Gasteiger partial charge >= 0.3 is 0 Å². The largest absolute Gasteiger partial charge is 0.301 e. The van der Waals surface area contributed by atoms with Crippen LogP contribution in [-0.2, 0) is 0 Å². The molecular weight excluding hydrogens is 122 g/mol. The highest BCUT2D eigenvalue weighted by molar-refractivity contribution is 4.92.